The molecule has 3 fully saturated rings. The maximum absolute atomic E-state index is 13.0. The van der Waals surface area contributed by atoms with Gasteiger partial charge in [0.2, 0.25) is 0 Å². The summed E-state index contributed by atoms with van der Waals surface area (Å²) < 4.78 is 39.0. The number of amides is 1. The molecule has 30 heavy (non-hydrogen) atoms. The van der Waals surface area contributed by atoms with E-state index in [9.17, 15) is 23.1 Å². The minimum Gasteiger partial charge on any atom is -0.380 e. The number of hydrogen-bond donors (Lipinski definition) is 1. The number of benzene rings is 1. The summed E-state index contributed by atoms with van der Waals surface area (Å²) in [7, 11) is 0. The van der Waals surface area contributed by atoms with Crippen LogP contribution in [0.25, 0.3) is 0 Å². The van der Waals surface area contributed by atoms with Crippen molar-refractivity contribution < 1.29 is 23.1 Å². The maximum atomic E-state index is 13.0. The van der Waals surface area contributed by atoms with Crippen LogP contribution in [0.2, 0.25) is 0 Å². The van der Waals surface area contributed by atoms with Crippen LogP contribution in [0.1, 0.15) is 44.1 Å². The van der Waals surface area contributed by atoms with Crippen LogP contribution in [0.5, 0.6) is 0 Å². The summed E-state index contributed by atoms with van der Waals surface area (Å²) in [6, 6.07) is 5.76. The zero-order valence-corrected chi connectivity index (χ0v) is 17.2. The molecule has 5 nitrogen and oxygen atoms in total. The third kappa shape index (κ3) is 4.44. The van der Waals surface area contributed by atoms with Crippen molar-refractivity contribution in [2.75, 3.05) is 44.2 Å². The van der Waals surface area contributed by atoms with Gasteiger partial charge in [-0.3, -0.25) is 9.69 Å². The molecule has 1 aromatic rings. The maximum Gasteiger partial charge on any atom is 0.416 e. The van der Waals surface area contributed by atoms with E-state index in [0.717, 1.165) is 44.8 Å². The highest BCUT2D eigenvalue weighted by molar-refractivity contribution is 5.85. The molecular weight excluding hydrogens is 395 g/mol. The largest absolute Gasteiger partial charge is 0.416 e. The van der Waals surface area contributed by atoms with Gasteiger partial charge >= 0.3 is 6.18 Å². The Labute approximate surface area is 175 Å². The lowest BCUT2D eigenvalue weighted by Crippen LogP contribution is -2.58. The Morgan fingerprint density at radius 2 is 1.73 bits per heavy atom. The Hall–Kier alpha value is -1.80. The Morgan fingerprint density at radius 1 is 1.03 bits per heavy atom. The van der Waals surface area contributed by atoms with E-state index < -0.39 is 17.3 Å². The molecule has 1 aliphatic carbocycles. The fourth-order valence-corrected chi connectivity index (χ4v) is 5.13. The highest BCUT2D eigenvalue weighted by Crippen LogP contribution is 2.33. The molecule has 166 valence electrons. The van der Waals surface area contributed by atoms with Crippen LogP contribution in [0, 0.1) is 0 Å². The molecule has 2 aliphatic heterocycles. The van der Waals surface area contributed by atoms with Crippen LogP contribution in [0.4, 0.5) is 18.9 Å². The smallest absolute Gasteiger partial charge is 0.380 e. The second-order valence-electron chi connectivity index (χ2n) is 8.86. The normalized spacial score (nSPS) is 25.5. The zero-order chi connectivity index (χ0) is 21.4. The van der Waals surface area contributed by atoms with Crippen LogP contribution in [-0.4, -0.2) is 71.7 Å². The Kier molecular flexibility index (Phi) is 5.99. The lowest BCUT2D eigenvalue weighted by Gasteiger charge is -2.45. The number of anilines is 1. The van der Waals surface area contributed by atoms with E-state index >= 15 is 0 Å². The molecule has 1 N–H and O–H groups in total. The number of halogens is 3. The van der Waals surface area contributed by atoms with E-state index in [1.54, 1.807) is 6.07 Å². The molecule has 0 unspecified atom stereocenters. The molecule has 0 radical (unpaired) electrons. The topological polar surface area (TPSA) is 47.0 Å². The van der Waals surface area contributed by atoms with Gasteiger partial charge in [-0.1, -0.05) is 6.07 Å². The number of rotatable bonds is 3. The minimum atomic E-state index is -4.33. The predicted molar refractivity (Wildman–Crippen MR) is 108 cm³/mol. The lowest BCUT2D eigenvalue weighted by molar-refractivity contribution is -0.153. The third-order valence-electron chi connectivity index (χ3n) is 6.88. The fraction of sp³-hybridized carbons (Fsp3) is 0.682. The molecule has 1 atom stereocenters. The van der Waals surface area contributed by atoms with Crippen molar-refractivity contribution in [1.29, 1.82) is 0 Å². The number of piperidine rings is 1. The number of aliphatic hydroxyl groups is 1. The molecule has 0 bridgehead atoms. The minimum absolute atomic E-state index is 0.118. The van der Waals surface area contributed by atoms with Crippen molar-refractivity contribution in [3.05, 3.63) is 29.8 Å². The van der Waals surface area contributed by atoms with E-state index in [0.29, 0.717) is 44.7 Å². The van der Waals surface area contributed by atoms with Crippen LogP contribution in [0.15, 0.2) is 24.3 Å². The number of hydrogen-bond acceptors (Lipinski definition) is 4. The van der Waals surface area contributed by atoms with Gasteiger partial charge in [-0.05, 0) is 56.7 Å². The predicted octanol–water partition coefficient (Wildman–Crippen LogP) is 3.12. The standard InChI is InChI=1S/C22H30F3N3O2/c23-22(24,25)17-5-3-6-18(15-17)26-11-13-27(14-12-26)19-7-4-10-28(16-19)20(29)21(30)8-1-2-9-21/h3,5-6,15,19,30H,1-2,4,7-14,16H2/t19-/m1/s1. The average Bonchev–Trinajstić information content (AvgIpc) is 3.21. The first-order valence-electron chi connectivity index (χ1n) is 10.9. The van der Waals surface area contributed by atoms with E-state index in [4.69, 9.17) is 0 Å². The second kappa shape index (κ2) is 8.38. The van der Waals surface area contributed by atoms with Crippen molar-refractivity contribution in [2.24, 2.45) is 0 Å². The number of likely N-dealkylation sites (tertiary alicyclic amines) is 1. The first-order chi connectivity index (χ1) is 14.3. The van der Waals surface area contributed by atoms with Gasteiger partial charge in [-0.2, -0.15) is 13.2 Å². The van der Waals surface area contributed by atoms with Crippen molar-refractivity contribution in [3.8, 4) is 0 Å². The Balaban J connectivity index is 1.34. The first kappa shape index (κ1) is 21.4. The van der Waals surface area contributed by atoms with Gasteiger partial charge in [0.05, 0.1) is 5.56 Å². The number of nitrogens with zero attached hydrogens (tertiary/aromatic N) is 3. The zero-order valence-electron chi connectivity index (χ0n) is 17.2. The molecule has 8 heteroatoms. The van der Waals surface area contributed by atoms with E-state index in [2.05, 4.69) is 4.90 Å². The second-order valence-corrected chi connectivity index (χ2v) is 8.86. The van der Waals surface area contributed by atoms with Gasteiger partial charge in [0.1, 0.15) is 5.60 Å². The Morgan fingerprint density at radius 3 is 2.40 bits per heavy atom. The van der Waals surface area contributed by atoms with Gasteiger partial charge in [0, 0.05) is 51.0 Å². The Bertz CT molecular complexity index is 756. The molecule has 4 rings (SSSR count). The molecule has 2 heterocycles. The molecule has 1 saturated carbocycles. The van der Waals surface area contributed by atoms with E-state index in [-0.39, 0.29) is 11.9 Å². The molecule has 2 saturated heterocycles. The van der Waals surface area contributed by atoms with Crippen molar-refractivity contribution >= 4 is 11.6 Å². The van der Waals surface area contributed by atoms with Gasteiger partial charge in [0.25, 0.3) is 5.91 Å². The monoisotopic (exact) mass is 425 g/mol. The molecule has 1 amide bonds. The number of piperazine rings is 1. The van der Waals surface area contributed by atoms with E-state index in [1.807, 2.05) is 9.80 Å². The lowest BCUT2D eigenvalue weighted by atomic mass is 9.96. The van der Waals surface area contributed by atoms with E-state index in [1.165, 1.54) is 12.1 Å². The van der Waals surface area contributed by atoms with Crippen LogP contribution in [0.3, 0.4) is 0 Å². The summed E-state index contributed by atoms with van der Waals surface area (Å²) in [4.78, 5) is 19.0. The summed E-state index contributed by atoms with van der Waals surface area (Å²) in [5, 5.41) is 10.7. The van der Waals surface area contributed by atoms with Gasteiger partial charge in [-0.15, -0.1) is 0 Å². The highest BCUT2D eigenvalue weighted by atomic mass is 19.4. The number of carbonyl (C=O) groups is 1. The van der Waals surface area contributed by atoms with Gasteiger partial charge in [0.15, 0.2) is 0 Å². The average molecular weight is 425 g/mol. The summed E-state index contributed by atoms with van der Waals surface area (Å²) >= 11 is 0. The third-order valence-corrected chi connectivity index (χ3v) is 6.88. The number of carbonyl (C=O) groups excluding carboxylic acids is 1. The molecule has 0 aromatic heterocycles. The van der Waals surface area contributed by atoms with Crippen molar-refractivity contribution in [1.82, 2.24) is 9.80 Å². The van der Waals surface area contributed by atoms with Crippen LogP contribution in [-0.2, 0) is 11.0 Å². The molecule has 0 spiro atoms. The molecular formula is C22H30F3N3O2. The van der Waals surface area contributed by atoms with Gasteiger partial charge in [-0.25, -0.2) is 0 Å². The van der Waals surface area contributed by atoms with Crippen molar-refractivity contribution in [2.45, 2.75) is 56.3 Å². The summed E-state index contributed by atoms with van der Waals surface area (Å²) in [5.41, 5.74) is -1.19. The SMILES string of the molecule is O=C(N1CCC[C@@H](N2CCN(c3cccc(C(F)(F)F)c3)CC2)C1)C1(O)CCCC1. The molecule has 1 aromatic carbocycles. The molecule has 3 aliphatic rings. The van der Waals surface area contributed by atoms with Crippen LogP contribution >= 0.6 is 0 Å². The summed E-state index contributed by atoms with van der Waals surface area (Å²) in [5.74, 6) is -0.118. The van der Waals surface area contributed by atoms with Gasteiger partial charge < -0.3 is 14.9 Å². The highest BCUT2D eigenvalue weighted by Gasteiger charge is 2.43. The van der Waals surface area contributed by atoms with Crippen molar-refractivity contribution in [3.63, 3.8) is 0 Å². The fourth-order valence-electron chi connectivity index (χ4n) is 5.13. The quantitative estimate of drug-likeness (QED) is 0.809. The summed E-state index contributed by atoms with van der Waals surface area (Å²) in [6.45, 7) is 4.17. The number of alkyl halides is 3. The first-order valence-corrected chi connectivity index (χ1v) is 10.9. The summed E-state index contributed by atoms with van der Waals surface area (Å²) in [6.07, 6.45) is 0.505. The van der Waals surface area contributed by atoms with Crippen LogP contribution < -0.4 is 4.90 Å².